The first-order valence-corrected chi connectivity index (χ1v) is 6.88. The van der Waals surface area contributed by atoms with Gasteiger partial charge in [0, 0.05) is 18.9 Å². The van der Waals surface area contributed by atoms with Gasteiger partial charge < -0.3 is 10.0 Å². The molecule has 0 radical (unpaired) electrons. The van der Waals surface area contributed by atoms with Crippen molar-refractivity contribution in [3.63, 3.8) is 0 Å². The molecule has 19 heavy (non-hydrogen) atoms. The molecule has 3 aliphatic rings. The Morgan fingerprint density at radius 1 is 1.16 bits per heavy atom. The van der Waals surface area contributed by atoms with Crippen LogP contribution in [-0.4, -0.2) is 46.4 Å². The van der Waals surface area contributed by atoms with Crippen LogP contribution in [0.2, 0.25) is 0 Å². The zero-order valence-electron chi connectivity index (χ0n) is 10.7. The molecule has 0 bridgehead atoms. The predicted molar refractivity (Wildman–Crippen MR) is 64.7 cm³/mol. The number of hydrogen-bond acceptors (Lipinski definition) is 4. The van der Waals surface area contributed by atoms with E-state index >= 15 is 0 Å². The normalized spacial score (nSPS) is 39.2. The fourth-order valence-electron chi connectivity index (χ4n) is 3.58. The number of amides is 3. The highest BCUT2D eigenvalue weighted by molar-refractivity contribution is 6.02. The molecule has 104 valence electrons. The van der Waals surface area contributed by atoms with Gasteiger partial charge >= 0.3 is 0 Å². The van der Waals surface area contributed by atoms with Gasteiger partial charge in [0.25, 0.3) is 0 Å². The number of fused-ring (bicyclic) bond motifs is 1. The highest BCUT2D eigenvalue weighted by Crippen LogP contribution is 2.38. The number of likely N-dealkylation sites (tertiary alicyclic amines) is 1. The van der Waals surface area contributed by atoms with Crippen molar-refractivity contribution >= 4 is 17.7 Å². The molecule has 1 saturated carbocycles. The minimum Gasteiger partial charge on any atom is -0.393 e. The quantitative estimate of drug-likeness (QED) is 0.621. The Morgan fingerprint density at radius 2 is 1.95 bits per heavy atom. The number of nitrogens with zero attached hydrogens (tertiary/aromatic N) is 1. The second-order valence-corrected chi connectivity index (χ2v) is 5.79. The monoisotopic (exact) mass is 266 g/mol. The van der Waals surface area contributed by atoms with Crippen LogP contribution in [-0.2, 0) is 14.4 Å². The molecule has 2 aliphatic heterocycles. The number of imide groups is 1. The van der Waals surface area contributed by atoms with Crippen LogP contribution in [0.1, 0.15) is 32.1 Å². The van der Waals surface area contributed by atoms with Crippen LogP contribution in [0.25, 0.3) is 0 Å². The number of carbonyl (C=O) groups is 3. The van der Waals surface area contributed by atoms with Gasteiger partial charge in [-0.15, -0.1) is 0 Å². The summed E-state index contributed by atoms with van der Waals surface area (Å²) in [6.07, 6.45) is 2.39. The molecule has 2 heterocycles. The van der Waals surface area contributed by atoms with E-state index in [0.717, 1.165) is 0 Å². The first kappa shape index (κ1) is 12.6. The van der Waals surface area contributed by atoms with E-state index in [9.17, 15) is 19.5 Å². The van der Waals surface area contributed by atoms with E-state index in [2.05, 4.69) is 5.32 Å². The molecule has 3 rings (SSSR count). The van der Waals surface area contributed by atoms with E-state index in [1.54, 1.807) is 4.90 Å². The van der Waals surface area contributed by atoms with Gasteiger partial charge in [-0.3, -0.25) is 19.7 Å². The summed E-state index contributed by atoms with van der Waals surface area (Å²) in [6.45, 7) is 0.535. The maximum atomic E-state index is 12.4. The first-order valence-electron chi connectivity index (χ1n) is 6.88. The fraction of sp³-hybridized carbons (Fsp3) is 0.769. The zero-order chi connectivity index (χ0) is 13.6. The summed E-state index contributed by atoms with van der Waals surface area (Å²) < 4.78 is 0. The van der Waals surface area contributed by atoms with Gasteiger partial charge in [-0.1, -0.05) is 0 Å². The van der Waals surface area contributed by atoms with Crippen LogP contribution in [0, 0.1) is 11.8 Å². The first-order chi connectivity index (χ1) is 9.06. The summed E-state index contributed by atoms with van der Waals surface area (Å²) in [6, 6.07) is -0.507. The molecule has 4 atom stereocenters. The number of aliphatic hydroxyl groups excluding tert-OH is 1. The van der Waals surface area contributed by atoms with Crippen molar-refractivity contribution < 1.29 is 19.5 Å². The van der Waals surface area contributed by atoms with Gasteiger partial charge in [0.05, 0.1) is 6.10 Å². The average molecular weight is 266 g/mol. The van der Waals surface area contributed by atoms with E-state index in [1.165, 1.54) is 0 Å². The summed E-state index contributed by atoms with van der Waals surface area (Å²) in [7, 11) is 0. The third kappa shape index (κ3) is 2.14. The lowest BCUT2D eigenvalue weighted by molar-refractivity contribution is -0.144. The van der Waals surface area contributed by atoms with Crippen molar-refractivity contribution in [2.24, 2.45) is 11.8 Å². The minimum absolute atomic E-state index is 0.0198. The molecule has 4 unspecified atom stereocenters. The molecule has 3 fully saturated rings. The number of carbonyl (C=O) groups excluding carboxylic acids is 3. The van der Waals surface area contributed by atoms with Crippen molar-refractivity contribution in [2.45, 2.75) is 44.2 Å². The summed E-state index contributed by atoms with van der Waals surface area (Å²) in [5.41, 5.74) is 0. The Labute approximate surface area is 111 Å². The molecule has 3 amide bonds. The van der Waals surface area contributed by atoms with Gasteiger partial charge in [0.2, 0.25) is 17.7 Å². The van der Waals surface area contributed by atoms with E-state index in [1.807, 2.05) is 0 Å². The van der Waals surface area contributed by atoms with Gasteiger partial charge in [-0.25, -0.2) is 0 Å². The van der Waals surface area contributed by atoms with Crippen molar-refractivity contribution in [1.82, 2.24) is 10.2 Å². The molecule has 0 spiro atoms. The van der Waals surface area contributed by atoms with Crippen LogP contribution in [0.15, 0.2) is 0 Å². The molecule has 0 aromatic rings. The van der Waals surface area contributed by atoms with Gasteiger partial charge in [0.1, 0.15) is 6.04 Å². The molecule has 2 saturated heterocycles. The second-order valence-electron chi connectivity index (χ2n) is 5.79. The van der Waals surface area contributed by atoms with Gasteiger partial charge in [-0.05, 0) is 31.6 Å². The van der Waals surface area contributed by atoms with Crippen LogP contribution >= 0.6 is 0 Å². The van der Waals surface area contributed by atoms with E-state index in [0.29, 0.717) is 32.2 Å². The second kappa shape index (κ2) is 4.59. The van der Waals surface area contributed by atoms with Crippen molar-refractivity contribution in [3.8, 4) is 0 Å². The molecule has 1 aliphatic carbocycles. The fourth-order valence-corrected chi connectivity index (χ4v) is 3.58. The maximum Gasteiger partial charge on any atom is 0.249 e. The van der Waals surface area contributed by atoms with Crippen LogP contribution in [0.5, 0.6) is 0 Å². The highest BCUT2D eigenvalue weighted by atomic mass is 16.3. The summed E-state index contributed by atoms with van der Waals surface area (Å²) >= 11 is 0. The molecule has 0 aromatic heterocycles. The van der Waals surface area contributed by atoms with Crippen LogP contribution < -0.4 is 5.32 Å². The number of aliphatic hydroxyl groups is 1. The zero-order valence-corrected chi connectivity index (χ0v) is 10.7. The molecular formula is C13H18N2O4. The number of rotatable bonds is 1. The Morgan fingerprint density at radius 3 is 2.68 bits per heavy atom. The minimum atomic E-state index is -0.507. The third-order valence-corrected chi connectivity index (χ3v) is 4.57. The standard InChI is InChI=1S/C13H18N2O4/c16-8-1-2-9-7(5-8)6-15(13(9)19)10-3-4-11(17)14-12(10)18/h7-10,16H,1-6H2,(H,14,17,18). The maximum absolute atomic E-state index is 12.4. The third-order valence-electron chi connectivity index (χ3n) is 4.57. The highest BCUT2D eigenvalue weighted by Gasteiger charge is 2.47. The van der Waals surface area contributed by atoms with Crippen molar-refractivity contribution in [1.29, 1.82) is 0 Å². The molecule has 0 aromatic carbocycles. The average Bonchev–Trinajstić information content (AvgIpc) is 2.66. The van der Waals surface area contributed by atoms with Crippen LogP contribution in [0.4, 0.5) is 0 Å². The van der Waals surface area contributed by atoms with Crippen molar-refractivity contribution in [3.05, 3.63) is 0 Å². The largest absolute Gasteiger partial charge is 0.393 e. The van der Waals surface area contributed by atoms with E-state index in [4.69, 9.17) is 0 Å². The lowest BCUT2D eigenvalue weighted by atomic mass is 9.80. The van der Waals surface area contributed by atoms with Gasteiger partial charge in [-0.2, -0.15) is 0 Å². The van der Waals surface area contributed by atoms with Gasteiger partial charge in [0.15, 0.2) is 0 Å². The molecule has 2 N–H and O–H groups in total. The Hall–Kier alpha value is -1.43. The predicted octanol–water partition coefficient (Wildman–Crippen LogP) is -0.589. The smallest absolute Gasteiger partial charge is 0.249 e. The number of piperidine rings is 1. The SMILES string of the molecule is O=C1CCC(N2CC3CC(O)CCC3C2=O)C(=O)N1. The van der Waals surface area contributed by atoms with Crippen LogP contribution in [0.3, 0.4) is 0 Å². The summed E-state index contributed by atoms with van der Waals surface area (Å²) in [5.74, 6) is -0.494. The van der Waals surface area contributed by atoms with E-state index in [-0.39, 0.29) is 42.1 Å². The summed E-state index contributed by atoms with van der Waals surface area (Å²) in [4.78, 5) is 36.9. The Balaban J connectivity index is 1.74. The molecule has 6 heteroatoms. The molecule has 6 nitrogen and oxygen atoms in total. The number of nitrogens with one attached hydrogen (secondary N) is 1. The number of hydrogen-bond donors (Lipinski definition) is 2. The van der Waals surface area contributed by atoms with Crippen molar-refractivity contribution in [2.75, 3.05) is 6.54 Å². The van der Waals surface area contributed by atoms with E-state index < -0.39 is 6.04 Å². The lowest BCUT2D eigenvalue weighted by Gasteiger charge is -2.29. The molecular weight excluding hydrogens is 248 g/mol. The lowest BCUT2D eigenvalue weighted by Crippen LogP contribution is -2.53. The Kier molecular flexibility index (Phi) is 3.05. The summed E-state index contributed by atoms with van der Waals surface area (Å²) in [5, 5.41) is 12.0. The Bertz CT molecular complexity index is 436. The topological polar surface area (TPSA) is 86.7 Å².